The molecule has 2 N–H and O–H groups in total. The van der Waals surface area contributed by atoms with Crippen LogP contribution in [-0.2, 0) is 12.0 Å². The van der Waals surface area contributed by atoms with Gasteiger partial charge in [0.05, 0.1) is 11.4 Å². The Hall–Kier alpha value is -2.20. The molecule has 21 heavy (non-hydrogen) atoms. The zero-order valence-corrected chi connectivity index (χ0v) is 12.7. The van der Waals surface area contributed by atoms with E-state index in [1.165, 1.54) is 10.8 Å². The fraction of sp³-hybridized carbons (Fsp3) is 0.294. The van der Waals surface area contributed by atoms with Crippen LogP contribution in [0, 0.1) is 0 Å². The minimum absolute atomic E-state index is 0.0743. The molecule has 0 bridgehead atoms. The summed E-state index contributed by atoms with van der Waals surface area (Å²) in [7, 11) is 0. The van der Waals surface area contributed by atoms with Gasteiger partial charge in [0.15, 0.2) is 0 Å². The van der Waals surface area contributed by atoms with Crippen LogP contribution in [-0.4, -0.2) is 15.0 Å². The van der Waals surface area contributed by atoms with E-state index in [1.54, 1.807) is 0 Å². The van der Waals surface area contributed by atoms with Crippen molar-refractivity contribution in [2.24, 2.45) is 5.73 Å². The molecule has 0 unspecified atom stereocenters. The minimum atomic E-state index is -0.0743. The summed E-state index contributed by atoms with van der Waals surface area (Å²) in [6.45, 7) is 6.88. The number of rotatable bonds is 2. The Morgan fingerprint density at radius 3 is 2.48 bits per heavy atom. The Bertz CT molecular complexity index is 776. The predicted molar refractivity (Wildman–Crippen MR) is 85.5 cm³/mol. The summed E-state index contributed by atoms with van der Waals surface area (Å²) in [5, 5.41) is 11.0. The minimum Gasteiger partial charge on any atom is -0.325 e. The first-order valence-corrected chi connectivity index (χ1v) is 7.15. The van der Waals surface area contributed by atoms with Gasteiger partial charge in [-0.15, -0.1) is 5.10 Å². The summed E-state index contributed by atoms with van der Waals surface area (Å²) in [6.07, 6.45) is 0. The lowest BCUT2D eigenvalue weighted by molar-refractivity contribution is 0.538. The van der Waals surface area contributed by atoms with Gasteiger partial charge in [-0.3, -0.25) is 0 Å². The van der Waals surface area contributed by atoms with Crippen molar-refractivity contribution < 1.29 is 0 Å². The number of hydrogen-bond donors (Lipinski definition) is 1. The number of benzene rings is 2. The van der Waals surface area contributed by atoms with E-state index in [0.29, 0.717) is 6.54 Å². The monoisotopic (exact) mass is 280 g/mol. The van der Waals surface area contributed by atoms with Crippen molar-refractivity contribution in [3.63, 3.8) is 0 Å². The lowest BCUT2D eigenvalue weighted by Gasteiger charge is -2.21. The standard InChI is InChI=1S/C17H20N4/c1-17(2,3)16-14(11-18)19-20-21(16)15-10-6-8-12-7-4-5-9-13(12)15/h4-10H,11,18H2,1-3H3. The largest absolute Gasteiger partial charge is 0.325 e. The lowest BCUT2D eigenvalue weighted by Crippen LogP contribution is -2.20. The maximum absolute atomic E-state index is 5.84. The third kappa shape index (κ3) is 2.32. The average Bonchev–Trinajstić information content (AvgIpc) is 2.90. The molecule has 0 aliphatic carbocycles. The van der Waals surface area contributed by atoms with Crippen LogP contribution in [0.2, 0.25) is 0 Å². The highest BCUT2D eigenvalue weighted by Gasteiger charge is 2.25. The zero-order chi connectivity index (χ0) is 15.0. The van der Waals surface area contributed by atoms with Crippen molar-refractivity contribution in [3.8, 4) is 5.69 Å². The zero-order valence-electron chi connectivity index (χ0n) is 12.7. The molecule has 0 aliphatic heterocycles. The molecule has 0 saturated heterocycles. The quantitative estimate of drug-likeness (QED) is 0.784. The van der Waals surface area contributed by atoms with Gasteiger partial charge in [-0.1, -0.05) is 62.4 Å². The topological polar surface area (TPSA) is 56.7 Å². The number of hydrogen-bond acceptors (Lipinski definition) is 3. The van der Waals surface area contributed by atoms with E-state index >= 15 is 0 Å². The maximum atomic E-state index is 5.84. The normalized spacial score (nSPS) is 12.0. The van der Waals surface area contributed by atoms with E-state index in [4.69, 9.17) is 5.73 Å². The van der Waals surface area contributed by atoms with Gasteiger partial charge in [-0.25, -0.2) is 4.68 Å². The van der Waals surface area contributed by atoms with Crippen LogP contribution < -0.4 is 5.73 Å². The Labute approximate surface area is 124 Å². The van der Waals surface area contributed by atoms with Gasteiger partial charge in [-0.2, -0.15) is 0 Å². The number of aromatic nitrogens is 3. The molecule has 0 amide bonds. The Morgan fingerprint density at radius 2 is 1.76 bits per heavy atom. The second kappa shape index (κ2) is 4.97. The van der Waals surface area contributed by atoms with Crippen LogP contribution in [0.3, 0.4) is 0 Å². The Balaban J connectivity index is 2.32. The molecule has 0 spiro atoms. The Morgan fingerprint density at radius 1 is 1.05 bits per heavy atom. The summed E-state index contributed by atoms with van der Waals surface area (Å²) < 4.78 is 1.94. The van der Waals surface area contributed by atoms with Crippen molar-refractivity contribution in [1.29, 1.82) is 0 Å². The van der Waals surface area contributed by atoms with Crippen molar-refractivity contribution >= 4 is 10.8 Å². The van der Waals surface area contributed by atoms with Crippen LogP contribution in [0.15, 0.2) is 42.5 Å². The highest BCUT2D eigenvalue weighted by atomic mass is 15.4. The van der Waals surface area contributed by atoms with Crippen LogP contribution in [0.4, 0.5) is 0 Å². The SMILES string of the molecule is CC(C)(C)c1c(CN)nnn1-c1cccc2ccccc12. The van der Waals surface area contributed by atoms with Crippen LogP contribution >= 0.6 is 0 Å². The molecule has 3 aromatic rings. The second-order valence-electron chi connectivity index (χ2n) is 6.25. The van der Waals surface area contributed by atoms with Crippen molar-refractivity contribution in [1.82, 2.24) is 15.0 Å². The van der Waals surface area contributed by atoms with Crippen LogP contribution in [0.1, 0.15) is 32.2 Å². The molecule has 0 aliphatic rings. The summed E-state index contributed by atoms with van der Waals surface area (Å²) in [4.78, 5) is 0. The van der Waals surface area contributed by atoms with Gasteiger partial charge in [0.1, 0.15) is 5.69 Å². The van der Waals surface area contributed by atoms with Crippen molar-refractivity contribution in [2.45, 2.75) is 32.7 Å². The first-order chi connectivity index (χ1) is 10.0. The summed E-state index contributed by atoms with van der Waals surface area (Å²) >= 11 is 0. The van der Waals surface area contributed by atoms with Gasteiger partial charge in [0.2, 0.25) is 0 Å². The molecular formula is C17H20N4. The molecule has 3 rings (SSSR count). The van der Waals surface area contributed by atoms with Gasteiger partial charge < -0.3 is 5.73 Å². The molecule has 1 heterocycles. The van der Waals surface area contributed by atoms with E-state index in [9.17, 15) is 0 Å². The maximum Gasteiger partial charge on any atom is 0.100 e. The predicted octanol–water partition coefficient (Wildman–Crippen LogP) is 3.18. The van der Waals surface area contributed by atoms with Gasteiger partial charge in [-0.05, 0) is 11.5 Å². The van der Waals surface area contributed by atoms with E-state index in [1.807, 2.05) is 22.9 Å². The molecule has 4 heteroatoms. The number of nitrogens with zero attached hydrogens (tertiary/aromatic N) is 3. The summed E-state index contributed by atoms with van der Waals surface area (Å²) in [6, 6.07) is 14.5. The van der Waals surface area contributed by atoms with E-state index in [2.05, 4.69) is 55.3 Å². The Kier molecular flexibility index (Phi) is 3.26. The smallest absolute Gasteiger partial charge is 0.100 e. The molecule has 0 fully saturated rings. The molecule has 0 radical (unpaired) electrons. The third-order valence-electron chi connectivity index (χ3n) is 3.64. The fourth-order valence-electron chi connectivity index (χ4n) is 2.76. The first-order valence-electron chi connectivity index (χ1n) is 7.15. The van der Waals surface area contributed by atoms with E-state index in [-0.39, 0.29) is 5.41 Å². The third-order valence-corrected chi connectivity index (χ3v) is 3.64. The highest BCUT2D eigenvalue weighted by molar-refractivity contribution is 5.90. The van der Waals surface area contributed by atoms with Crippen molar-refractivity contribution in [3.05, 3.63) is 53.9 Å². The van der Waals surface area contributed by atoms with Crippen LogP contribution in [0.25, 0.3) is 16.5 Å². The average molecular weight is 280 g/mol. The van der Waals surface area contributed by atoms with Gasteiger partial charge in [0.25, 0.3) is 0 Å². The number of nitrogens with two attached hydrogens (primary N) is 1. The molecule has 0 saturated carbocycles. The first kappa shape index (κ1) is 13.8. The molecule has 0 atom stereocenters. The molecule has 1 aromatic heterocycles. The number of fused-ring (bicyclic) bond motifs is 1. The van der Waals surface area contributed by atoms with Gasteiger partial charge in [0, 0.05) is 17.3 Å². The molecule has 108 valence electrons. The van der Waals surface area contributed by atoms with Crippen LogP contribution in [0.5, 0.6) is 0 Å². The summed E-state index contributed by atoms with van der Waals surface area (Å²) in [5.41, 5.74) is 8.74. The van der Waals surface area contributed by atoms with Crippen molar-refractivity contribution in [2.75, 3.05) is 0 Å². The second-order valence-corrected chi connectivity index (χ2v) is 6.25. The van der Waals surface area contributed by atoms with Gasteiger partial charge >= 0.3 is 0 Å². The van der Waals surface area contributed by atoms with E-state index in [0.717, 1.165) is 17.1 Å². The highest BCUT2D eigenvalue weighted by Crippen LogP contribution is 2.29. The summed E-state index contributed by atoms with van der Waals surface area (Å²) in [5.74, 6) is 0. The van der Waals surface area contributed by atoms with E-state index < -0.39 is 0 Å². The molecule has 2 aromatic carbocycles. The lowest BCUT2D eigenvalue weighted by atomic mass is 9.90. The fourth-order valence-corrected chi connectivity index (χ4v) is 2.76. The molecule has 4 nitrogen and oxygen atoms in total. The molecular weight excluding hydrogens is 260 g/mol.